The van der Waals surface area contributed by atoms with Gasteiger partial charge in [-0.05, 0) is 48.5 Å². The molecule has 3 amide bonds. The molecule has 2 aromatic carbocycles. The third kappa shape index (κ3) is 5.47. The lowest BCUT2D eigenvalue weighted by molar-refractivity contribution is -0.136. The summed E-state index contributed by atoms with van der Waals surface area (Å²) < 4.78 is 13.6. The molecule has 0 spiro atoms. The van der Waals surface area contributed by atoms with Crippen LogP contribution in [0.1, 0.15) is 0 Å². The molecule has 0 saturated carbocycles. The van der Waals surface area contributed by atoms with Crippen molar-refractivity contribution < 1.29 is 18.8 Å². The second-order valence-corrected chi connectivity index (χ2v) is 5.61. The molecule has 0 radical (unpaired) electrons. The molecule has 2 aromatic rings. The van der Waals surface area contributed by atoms with Gasteiger partial charge in [0.1, 0.15) is 5.82 Å². The van der Waals surface area contributed by atoms with E-state index in [-0.39, 0.29) is 12.2 Å². The van der Waals surface area contributed by atoms with Crippen molar-refractivity contribution in [3.63, 3.8) is 0 Å². The molecule has 8 heteroatoms. The molecule has 0 aromatic heterocycles. The predicted molar refractivity (Wildman–Crippen MR) is 90.8 cm³/mol. The zero-order valence-electron chi connectivity index (χ0n) is 12.3. The summed E-state index contributed by atoms with van der Waals surface area (Å²) in [5.41, 5.74) is 0.837. The third-order valence-corrected chi connectivity index (χ3v) is 3.37. The lowest BCUT2D eigenvalue weighted by Crippen LogP contribution is -2.39. The Hall–Kier alpha value is -2.74. The Bertz CT molecular complexity index is 748. The first-order valence-corrected chi connectivity index (χ1v) is 7.63. The summed E-state index contributed by atoms with van der Waals surface area (Å²) in [5.74, 6) is -2.84. The fourth-order valence-corrected chi connectivity index (χ4v) is 1.96. The summed E-state index contributed by atoms with van der Waals surface area (Å²) in [6.07, 6.45) is 0. The van der Waals surface area contributed by atoms with Crippen LogP contribution in [0.3, 0.4) is 0 Å². The third-order valence-electron chi connectivity index (χ3n) is 2.85. The van der Waals surface area contributed by atoms with Crippen LogP contribution in [0.2, 0.25) is 0 Å². The molecule has 0 aliphatic heterocycles. The molecule has 2 rings (SSSR count). The Kier molecular flexibility index (Phi) is 6.02. The normalized spacial score (nSPS) is 9.92. The van der Waals surface area contributed by atoms with Gasteiger partial charge in [-0.25, -0.2) is 4.39 Å². The summed E-state index contributed by atoms with van der Waals surface area (Å²) >= 11 is 3.27. The van der Waals surface area contributed by atoms with Crippen molar-refractivity contribution in [2.75, 3.05) is 17.2 Å². The molecular formula is C16H13BrFN3O3. The van der Waals surface area contributed by atoms with E-state index < -0.39 is 23.5 Å². The number of halogens is 2. The van der Waals surface area contributed by atoms with Gasteiger partial charge in [0.2, 0.25) is 5.91 Å². The van der Waals surface area contributed by atoms with Crippen molar-refractivity contribution in [2.45, 2.75) is 0 Å². The Morgan fingerprint density at radius 1 is 0.833 bits per heavy atom. The smallest absolute Gasteiger partial charge is 0.313 e. The van der Waals surface area contributed by atoms with E-state index in [2.05, 4.69) is 31.9 Å². The second kappa shape index (κ2) is 8.21. The largest absolute Gasteiger partial charge is 0.339 e. The second-order valence-electron chi connectivity index (χ2n) is 4.70. The van der Waals surface area contributed by atoms with E-state index in [1.54, 1.807) is 24.3 Å². The van der Waals surface area contributed by atoms with Gasteiger partial charge in [-0.15, -0.1) is 0 Å². The Morgan fingerprint density at radius 3 is 2.00 bits per heavy atom. The quantitative estimate of drug-likeness (QED) is 0.696. The molecule has 0 saturated heterocycles. The van der Waals surface area contributed by atoms with Crippen LogP contribution in [-0.4, -0.2) is 24.3 Å². The highest BCUT2D eigenvalue weighted by molar-refractivity contribution is 9.10. The molecule has 0 unspecified atom stereocenters. The topological polar surface area (TPSA) is 87.3 Å². The maximum Gasteiger partial charge on any atom is 0.313 e. The summed E-state index contributed by atoms with van der Waals surface area (Å²) in [7, 11) is 0. The molecule has 24 heavy (non-hydrogen) atoms. The van der Waals surface area contributed by atoms with Crippen molar-refractivity contribution in [3.8, 4) is 0 Å². The number of hydrogen-bond donors (Lipinski definition) is 3. The maximum absolute atomic E-state index is 12.8. The molecule has 0 heterocycles. The summed E-state index contributed by atoms with van der Waals surface area (Å²) in [6.45, 7) is -0.355. The van der Waals surface area contributed by atoms with E-state index in [1.165, 1.54) is 12.1 Å². The highest BCUT2D eigenvalue weighted by Crippen LogP contribution is 2.13. The van der Waals surface area contributed by atoms with Crippen molar-refractivity contribution >= 4 is 45.0 Å². The number of hydrogen-bond acceptors (Lipinski definition) is 3. The highest BCUT2D eigenvalue weighted by Gasteiger charge is 2.15. The van der Waals surface area contributed by atoms with Crippen LogP contribution in [0.25, 0.3) is 0 Å². The van der Waals surface area contributed by atoms with Crippen LogP contribution in [0, 0.1) is 5.82 Å². The fraction of sp³-hybridized carbons (Fsp3) is 0.0625. The van der Waals surface area contributed by atoms with Crippen molar-refractivity contribution in [3.05, 3.63) is 58.8 Å². The SMILES string of the molecule is O=C(CNC(=O)C(=O)Nc1ccc(F)cc1)Nc1ccc(Br)cc1. The zero-order chi connectivity index (χ0) is 17.5. The lowest BCUT2D eigenvalue weighted by Gasteiger charge is -2.07. The van der Waals surface area contributed by atoms with Crippen molar-refractivity contribution in [1.82, 2.24) is 5.32 Å². The van der Waals surface area contributed by atoms with Gasteiger partial charge in [0.25, 0.3) is 0 Å². The Morgan fingerprint density at radius 2 is 1.38 bits per heavy atom. The van der Waals surface area contributed by atoms with Crippen LogP contribution in [0.4, 0.5) is 15.8 Å². The fourth-order valence-electron chi connectivity index (χ4n) is 1.70. The lowest BCUT2D eigenvalue weighted by atomic mass is 10.3. The van der Waals surface area contributed by atoms with E-state index in [1.807, 2.05) is 0 Å². The number of benzene rings is 2. The van der Waals surface area contributed by atoms with Crippen molar-refractivity contribution in [1.29, 1.82) is 0 Å². The van der Waals surface area contributed by atoms with E-state index in [0.29, 0.717) is 5.69 Å². The minimum absolute atomic E-state index is 0.274. The maximum atomic E-state index is 12.8. The average molecular weight is 394 g/mol. The Balaban J connectivity index is 1.79. The van der Waals surface area contributed by atoms with Crippen LogP contribution in [0.15, 0.2) is 53.0 Å². The summed E-state index contributed by atoms with van der Waals surface area (Å²) in [4.78, 5) is 35.0. The highest BCUT2D eigenvalue weighted by atomic mass is 79.9. The number of carbonyl (C=O) groups excluding carboxylic acids is 3. The van der Waals surface area contributed by atoms with Crippen LogP contribution in [0.5, 0.6) is 0 Å². The minimum atomic E-state index is -0.967. The number of nitrogens with one attached hydrogen (secondary N) is 3. The number of anilines is 2. The molecule has 124 valence electrons. The summed E-state index contributed by atoms with van der Waals surface area (Å²) in [5, 5.41) is 7.06. The average Bonchev–Trinajstić information content (AvgIpc) is 2.57. The van der Waals surface area contributed by atoms with E-state index in [0.717, 1.165) is 16.6 Å². The minimum Gasteiger partial charge on any atom is -0.339 e. The van der Waals surface area contributed by atoms with E-state index in [4.69, 9.17) is 0 Å². The van der Waals surface area contributed by atoms with Gasteiger partial charge in [-0.1, -0.05) is 15.9 Å². The van der Waals surface area contributed by atoms with E-state index in [9.17, 15) is 18.8 Å². The van der Waals surface area contributed by atoms with Crippen molar-refractivity contribution in [2.24, 2.45) is 0 Å². The zero-order valence-corrected chi connectivity index (χ0v) is 13.9. The first-order chi connectivity index (χ1) is 11.4. The number of rotatable bonds is 4. The molecule has 0 fully saturated rings. The molecule has 3 N–H and O–H groups in total. The van der Waals surface area contributed by atoms with Gasteiger partial charge in [0.05, 0.1) is 6.54 Å². The first-order valence-electron chi connectivity index (χ1n) is 6.84. The monoisotopic (exact) mass is 393 g/mol. The molecule has 0 bridgehead atoms. The van der Waals surface area contributed by atoms with Gasteiger partial charge >= 0.3 is 11.8 Å². The molecule has 6 nitrogen and oxygen atoms in total. The number of amides is 3. The standard InChI is InChI=1S/C16H13BrFN3O3/c17-10-1-5-12(6-2-10)20-14(22)9-19-15(23)16(24)21-13-7-3-11(18)4-8-13/h1-8H,9H2,(H,19,23)(H,20,22)(H,21,24). The predicted octanol–water partition coefficient (Wildman–Crippen LogP) is 2.28. The molecule has 0 aliphatic carbocycles. The van der Waals surface area contributed by atoms with Gasteiger partial charge in [-0.2, -0.15) is 0 Å². The molecule has 0 aliphatic rings. The molecule has 0 atom stereocenters. The van der Waals surface area contributed by atoms with Gasteiger partial charge in [-0.3, -0.25) is 14.4 Å². The van der Waals surface area contributed by atoms with Gasteiger partial charge in [0.15, 0.2) is 0 Å². The molecular weight excluding hydrogens is 381 g/mol. The summed E-state index contributed by atoms with van der Waals surface area (Å²) in [6, 6.07) is 11.8. The number of carbonyl (C=O) groups is 3. The van der Waals surface area contributed by atoms with Crippen LogP contribution in [-0.2, 0) is 14.4 Å². The van der Waals surface area contributed by atoms with Gasteiger partial charge in [0, 0.05) is 15.8 Å². The van der Waals surface area contributed by atoms with Crippen LogP contribution < -0.4 is 16.0 Å². The first kappa shape index (κ1) is 17.6. The van der Waals surface area contributed by atoms with Gasteiger partial charge < -0.3 is 16.0 Å². The van der Waals surface area contributed by atoms with E-state index >= 15 is 0 Å². The van der Waals surface area contributed by atoms with Crippen LogP contribution >= 0.6 is 15.9 Å². The Labute approximate surface area is 145 Å².